The molecule has 150 valence electrons. The van der Waals surface area contributed by atoms with Gasteiger partial charge in [-0.05, 0) is 12.8 Å². The summed E-state index contributed by atoms with van der Waals surface area (Å²) in [5.74, 6) is 3.12. The zero-order chi connectivity index (χ0) is 19.3. The van der Waals surface area contributed by atoms with Crippen LogP contribution in [0.15, 0.2) is 0 Å². The van der Waals surface area contributed by atoms with Gasteiger partial charge in [0.25, 0.3) is 0 Å². The van der Waals surface area contributed by atoms with E-state index in [4.69, 9.17) is 10.2 Å². The summed E-state index contributed by atoms with van der Waals surface area (Å²) in [7, 11) is 0. The van der Waals surface area contributed by atoms with Gasteiger partial charge in [-0.25, -0.2) is 4.79 Å². The first-order valence-corrected chi connectivity index (χ1v) is 10.6. The number of rotatable bonds is 18. The van der Waals surface area contributed by atoms with Gasteiger partial charge in [-0.2, -0.15) is 0 Å². The number of hydrogen-bond acceptors (Lipinski definition) is 2. The van der Waals surface area contributed by atoms with Crippen LogP contribution < -0.4 is 0 Å². The van der Waals surface area contributed by atoms with Crippen molar-refractivity contribution in [3.8, 4) is 11.8 Å². The van der Waals surface area contributed by atoms with E-state index in [1.54, 1.807) is 0 Å². The van der Waals surface area contributed by atoms with Crippen molar-refractivity contribution in [3.05, 3.63) is 0 Å². The molecule has 0 saturated carbocycles. The van der Waals surface area contributed by atoms with Crippen molar-refractivity contribution in [2.75, 3.05) is 0 Å². The summed E-state index contributed by atoms with van der Waals surface area (Å²) in [5.41, 5.74) is 0. The van der Waals surface area contributed by atoms with Gasteiger partial charge in [0.05, 0.1) is 0 Å². The second-order valence-corrected chi connectivity index (χ2v) is 7.16. The fraction of sp³-hybridized carbons (Fsp3) is 0.818. The molecule has 0 atom stereocenters. The molecular formula is C22H38O4. The molecule has 0 aliphatic rings. The number of hydrogen-bond donors (Lipinski definition) is 2. The van der Waals surface area contributed by atoms with Crippen molar-refractivity contribution in [2.45, 2.75) is 116 Å². The third-order valence-corrected chi connectivity index (χ3v) is 4.64. The number of unbranched alkanes of at least 4 members (excludes halogenated alkanes) is 16. The highest BCUT2D eigenvalue weighted by molar-refractivity contribution is 5.86. The van der Waals surface area contributed by atoms with Crippen LogP contribution in [0.2, 0.25) is 0 Å². The summed E-state index contributed by atoms with van der Waals surface area (Å²) in [6.45, 7) is 0. The molecule has 0 aliphatic carbocycles. The molecule has 4 nitrogen and oxygen atoms in total. The fourth-order valence-corrected chi connectivity index (χ4v) is 3.10. The highest BCUT2D eigenvalue weighted by atomic mass is 16.4. The van der Waals surface area contributed by atoms with Crippen molar-refractivity contribution >= 4 is 11.9 Å². The largest absolute Gasteiger partial charge is 0.481 e. The molecule has 0 spiro atoms. The summed E-state index contributed by atoms with van der Waals surface area (Å²) in [4.78, 5) is 20.6. The standard InChI is InChI=1S/C22H38O4/c23-21(24)19-17-15-13-11-9-7-5-3-1-2-4-6-8-10-12-14-16-18-20-22(25)26/h1-17,19H2,(H,23,24)(H,25,26). The lowest BCUT2D eigenvalue weighted by molar-refractivity contribution is -0.137. The molecule has 0 fully saturated rings. The maximum atomic E-state index is 10.4. The van der Waals surface area contributed by atoms with Crippen LogP contribution in [0, 0.1) is 11.8 Å². The lowest BCUT2D eigenvalue weighted by Crippen LogP contribution is -1.93. The molecule has 0 heterocycles. The summed E-state index contributed by atoms with van der Waals surface area (Å²) in [6, 6.07) is 0. The minimum absolute atomic E-state index is 0.321. The Balaban J connectivity index is 3.06. The Bertz CT molecular complexity index is 406. The summed E-state index contributed by atoms with van der Waals surface area (Å²) in [5, 5.41) is 16.9. The number of aliphatic carboxylic acids is 2. The summed E-state index contributed by atoms with van der Waals surface area (Å²) >= 11 is 0. The Hall–Kier alpha value is -1.50. The van der Waals surface area contributed by atoms with Crippen molar-refractivity contribution in [1.82, 2.24) is 0 Å². The van der Waals surface area contributed by atoms with Crippen LogP contribution in [-0.2, 0) is 9.59 Å². The van der Waals surface area contributed by atoms with Crippen molar-refractivity contribution in [3.63, 3.8) is 0 Å². The van der Waals surface area contributed by atoms with E-state index in [9.17, 15) is 9.59 Å². The van der Waals surface area contributed by atoms with Gasteiger partial charge in [0, 0.05) is 18.8 Å². The van der Waals surface area contributed by atoms with Gasteiger partial charge in [0.1, 0.15) is 0 Å². The van der Waals surface area contributed by atoms with E-state index < -0.39 is 11.9 Å². The Labute approximate surface area is 159 Å². The monoisotopic (exact) mass is 366 g/mol. The lowest BCUT2D eigenvalue weighted by Gasteiger charge is -2.03. The smallest absolute Gasteiger partial charge is 0.381 e. The van der Waals surface area contributed by atoms with Gasteiger partial charge in [-0.1, -0.05) is 95.8 Å². The van der Waals surface area contributed by atoms with Crippen LogP contribution in [0.4, 0.5) is 0 Å². The van der Waals surface area contributed by atoms with Crippen LogP contribution >= 0.6 is 0 Å². The third-order valence-electron chi connectivity index (χ3n) is 4.64. The van der Waals surface area contributed by atoms with Gasteiger partial charge in [0.15, 0.2) is 0 Å². The second-order valence-electron chi connectivity index (χ2n) is 7.16. The topological polar surface area (TPSA) is 74.6 Å². The zero-order valence-corrected chi connectivity index (χ0v) is 16.4. The molecule has 0 aromatic rings. The molecule has 0 rings (SSSR count). The molecule has 0 radical (unpaired) electrons. The van der Waals surface area contributed by atoms with E-state index >= 15 is 0 Å². The van der Waals surface area contributed by atoms with Gasteiger partial charge >= 0.3 is 11.9 Å². The van der Waals surface area contributed by atoms with E-state index in [1.165, 1.54) is 77.0 Å². The predicted molar refractivity (Wildman–Crippen MR) is 106 cm³/mol. The molecule has 0 amide bonds. The van der Waals surface area contributed by atoms with Crippen LogP contribution in [0.25, 0.3) is 0 Å². The number of carbonyl (C=O) groups is 2. The molecule has 0 aromatic carbocycles. The molecule has 0 aliphatic heterocycles. The second kappa shape index (κ2) is 19.8. The SMILES string of the molecule is O=C(O)C#CCCCCCCCCCCCCCCCCCCC(=O)O. The maximum Gasteiger partial charge on any atom is 0.381 e. The Morgan fingerprint density at radius 1 is 0.538 bits per heavy atom. The van der Waals surface area contributed by atoms with E-state index in [1.807, 2.05) is 0 Å². The Morgan fingerprint density at radius 2 is 0.885 bits per heavy atom. The molecule has 4 heteroatoms. The Kier molecular flexibility index (Phi) is 18.7. The first kappa shape index (κ1) is 24.5. The average molecular weight is 367 g/mol. The molecular weight excluding hydrogens is 328 g/mol. The normalized spacial score (nSPS) is 10.3. The molecule has 0 saturated heterocycles. The Morgan fingerprint density at radius 3 is 1.23 bits per heavy atom. The van der Waals surface area contributed by atoms with E-state index in [0.717, 1.165) is 25.7 Å². The molecule has 0 unspecified atom stereocenters. The highest BCUT2D eigenvalue weighted by Gasteiger charge is 1.97. The number of carboxylic acids is 2. The number of carboxylic acid groups (broad SMARTS) is 2. The van der Waals surface area contributed by atoms with Gasteiger partial charge in [-0.15, -0.1) is 0 Å². The summed E-state index contributed by atoms with van der Waals surface area (Å²) < 4.78 is 0. The van der Waals surface area contributed by atoms with Crippen LogP contribution in [0.1, 0.15) is 116 Å². The highest BCUT2D eigenvalue weighted by Crippen LogP contribution is 2.14. The van der Waals surface area contributed by atoms with Crippen LogP contribution in [-0.4, -0.2) is 22.2 Å². The zero-order valence-electron chi connectivity index (χ0n) is 16.4. The van der Waals surface area contributed by atoms with Gasteiger partial charge < -0.3 is 10.2 Å². The van der Waals surface area contributed by atoms with Gasteiger partial charge in [-0.3, -0.25) is 4.79 Å². The first-order chi connectivity index (χ1) is 12.6. The minimum atomic E-state index is -1.03. The molecule has 0 aromatic heterocycles. The fourth-order valence-electron chi connectivity index (χ4n) is 3.10. The van der Waals surface area contributed by atoms with Gasteiger partial charge in [0.2, 0.25) is 0 Å². The quantitative estimate of drug-likeness (QED) is 0.224. The minimum Gasteiger partial charge on any atom is -0.481 e. The first-order valence-electron chi connectivity index (χ1n) is 10.6. The summed E-state index contributed by atoms with van der Waals surface area (Å²) in [6.07, 6.45) is 20.7. The van der Waals surface area contributed by atoms with Crippen LogP contribution in [0.3, 0.4) is 0 Å². The van der Waals surface area contributed by atoms with E-state index in [0.29, 0.717) is 12.8 Å². The lowest BCUT2D eigenvalue weighted by atomic mass is 10.0. The van der Waals surface area contributed by atoms with Crippen LogP contribution in [0.5, 0.6) is 0 Å². The van der Waals surface area contributed by atoms with E-state index in [-0.39, 0.29) is 0 Å². The third kappa shape index (κ3) is 22.5. The van der Waals surface area contributed by atoms with Crippen molar-refractivity contribution < 1.29 is 19.8 Å². The average Bonchev–Trinajstić information content (AvgIpc) is 2.59. The maximum absolute atomic E-state index is 10.4. The predicted octanol–water partition coefficient (Wildman–Crippen LogP) is 6.18. The van der Waals surface area contributed by atoms with E-state index in [2.05, 4.69) is 11.8 Å². The van der Waals surface area contributed by atoms with Crippen molar-refractivity contribution in [2.24, 2.45) is 0 Å². The van der Waals surface area contributed by atoms with Crippen molar-refractivity contribution in [1.29, 1.82) is 0 Å². The molecule has 0 bridgehead atoms. The molecule has 26 heavy (non-hydrogen) atoms. The molecule has 2 N–H and O–H groups in total.